The summed E-state index contributed by atoms with van der Waals surface area (Å²) in [6.07, 6.45) is -4.18. The molecule has 3 atom stereocenters. The van der Waals surface area contributed by atoms with Crippen LogP contribution < -0.4 is 5.32 Å². The Kier molecular flexibility index (Phi) is 5.69. The summed E-state index contributed by atoms with van der Waals surface area (Å²) in [4.78, 5) is 23.7. The predicted molar refractivity (Wildman–Crippen MR) is 81.2 cm³/mol. The Labute approximate surface area is 142 Å². The van der Waals surface area contributed by atoms with Crippen molar-refractivity contribution in [1.82, 2.24) is 5.32 Å². The highest BCUT2D eigenvalue weighted by Gasteiger charge is 2.44. The van der Waals surface area contributed by atoms with E-state index in [4.69, 9.17) is 0 Å². The van der Waals surface area contributed by atoms with E-state index in [1.54, 1.807) is 0 Å². The van der Waals surface area contributed by atoms with Crippen molar-refractivity contribution >= 4 is 11.9 Å². The van der Waals surface area contributed by atoms with Gasteiger partial charge in [-0.1, -0.05) is 18.6 Å². The van der Waals surface area contributed by atoms with E-state index >= 15 is 0 Å². The van der Waals surface area contributed by atoms with Gasteiger partial charge >= 0.3 is 12.1 Å². The molecule has 0 heterocycles. The molecule has 4 nitrogen and oxygen atoms in total. The fraction of sp³-hybridized carbons (Fsp3) is 0.529. The highest BCUT2D eigenvalue weighted by atomic mass is 19.4. The molecule has 3 unspecified atom stereocenters. The molecule has 25 heavy (non-hydrogen) atoms. The van der Waals surface area contributed by atoms with E-state index in [2.05, 4.69) is 5.32 Å². The molecule has 0 saturated heterocycles. The molecule has 138 valence electrons. The number of carbonyl (C=O) groups is 2. The van der Waals surface area contributed by atoms with Crippen LogP contribution in [0.3, 0.4) is 0 Å². The zero-order valence-corrected chi connectivity index (χ0v) is 13.6. The van der Waals surface area contributed by atoms with Crippen molar-refractivity contribution in [3.8, 4) is 0 Å². The molecule has 1 fully saturated rings. The molecule has 8 heteroatoms. The van der Waals surface area contributed by atoms with Crippen LogP contribution in [0.2, 0.25) is 0 Å². The molecule has 1 saturated carbocycles. The largest absolute Gasteiger partial charge is 0.479 e. The summed E-state index contributed by atoms with van der Waals surface area (Å²) in [6.45, 7) is 1.45. The molecule has 0 aromatic heterocycles. The Hall–Kier alpha value is -2.12. The molecule has 1 aliphatic rings. The summed E-state index contributed by atoms with van der Waals surface area (Å²) in [7, 11) is 0. The number of hydrogen-bond donors (Lipinski definition) is 2. The standard InChI is InChI=1S/C17H19F4NO3/c1-9-7-10(5-6-13(9)18)14(16(24)25)22-15(23)11-3-2-4-12(8-11)17(19,20)21/h5-7,11-12,14H,2-4,8H2,1H3,(H,22,23)(H,24,25). The monoisotopic (exact) mass is 361 g/mol. The van der Waals surface area contributed by atoms with Gasteiger partial charge in [-0.05, 0) is 43.4 Å². The Morgan fingerprint density at radius 2 is 1.96 bits per heavy atom. The van der Waals surface area contributed by atoms with Gasteiger partial charge in [0.1, 0.15) is 5.82 Å². The number of rotatable bonds is 4. The summed E-state index contributed by atoms with van der Waals surface area (Å²) in [5.41, 5.74) is 0.385. The van der Waals surface area contributed by atoms with Crippen molar-refractivity contribution in [2.45, 2.75) is 44.8 Å². The van der Waals surface area contributed by atoms with Crippen LogP contribution >= 0.6 is 0 Å². The van der Waals surface area contributed by atoms with E-state index in [1.165, 1.54) is 19.1 Å². The molecule has 1 aromatic carbocycles. The number of carboxylic acids is 1. The van der Waals surface area contributed by atoms with Crippen molar-refractivity contribution in [1.29, 1.82) is 0 Å². The topological polar surface area (TPSA) is 66.4 Å². The van der Waals surface area contributed by atoms with Gasteiger partial charge in [-0.25, -0.2) is 9.18 Å². The molecular weight excluding hydrogens is 342 g/mol. The van der Waals surface area contributed by atoms with Crippen molar-refractivity contribution in [3.05, 3.63) is 35.1 Å². The minimum Gasteiger partial charge on any atom is -0.479 e. The molecule has 0 spiro atoms. The molecule has 0 bridgehead atoms. The number of aliphatic carboxylic acids is 1. The Morgan fingerprint density at radius 1 is 1.28 bits per heavy atom. The van der Waals surface area contributed by atoms with Gasteiger partial charge in [0.05, 0.1) is 5.92 Å². The number of amides is 1. The van der Waals surface area contributed by atoms with Crippen LogP contribution in [0.4, 0.5) is 17.6 Å². The van der Waals surface area contributed by atoms with Gasteiger partial charge in [0, 0.05) is 5.92 Å². The number of hydrogen-bond acceptors (Lipinski definition) is 2. The first kappa shape index (κ1) is 19.2. The van der Waals surface area contributed by atoms with Gasteiger partial charge in [-0.3, -0.25) is 4.79 Å². The van der Waals surface area contributed by atoms with Gasteiger partial charge in [-0.2, -0.15) is 13.2 Å². The average Bonchev–Trinajstić information content (AvgIpc) is 2.54. The number of carboxylic acid groups (broad SMARTS) is 1. The summed E-state index contributed by atoms with van der Waals surface area (Å²) >= 11 is 0. The minimum atomic E-state index is -4.36. The van der Waals surface area contributed by atoms with Crippen molar-refractivity contribution in [2.24, 2.45) is 11.8 Å². The van der Waals surface area contributed by atoms with Gasteiger partial charge in [0.15, 0.2) is 6.04 Å². The molecule has 0 radical (unpaired) electrons. The smallest absolute Gasteiger partial charge is 0.391 e. The average molecular weight is 361 g/mol. The van der Waals surface area contributed by atoms with Crippen molar-refractivity contribution < 1.29 is 32.3 Å². The van der Waals surface area contributed by atoms with E-state index in [9.17, 15) is 32.3 Å². The summed E-state index contributed by atoms with van der Waals surface area (Å²) in [5, 5.41) is 11.6. The number of nitrogens with one attached hydrogen (secondary N) is 1. The number of alkyl halides is 3. The van der Waals surface area contributed by atoms with E-state index in [-0.39, 0.29) is 36.8 Å². The van der Waals surface area contributed by atoms with Gasteiger partial charge in [0.25, 0.3) is 0 Å². The molecule has 1 aliphatic carbocycles. The van der Waals surface area contributed by atoms with Gasteiger partial charge in [-0.15, -0.1) is 0 Å². The summed E-state index contributed by atoms with van der Waals surface area (Å²) in [6, 6.07) is 2.19. The third-order valence-electron chi connectivity index (χ3n) is 4.56. The number of benzene rings is 1. The second kappa shape index (κ2) is 7.41. The lowest BCUT2D eigenvalue weighted by Crippen LogP contribution is -2.41. The van der Waals surface area contributed by atoms with Crippen LogP contribution in [0.1, 0.15) is 42.9 Å². The third kappa shape index (κ3) is 4.70. The molecule has 2 rings (SSSR count). The van der Waals surface area contributed by atoms with Crippen LogP contribution in [-0.4, -0.2) is 23.2 Å². The maximum atomic E-state index is 13.3. The second-order valence-electron chi connectivity index (χ2n) is 6.39. The fourth-order valence-electron chi connectivity index (χ4n) is 3.12. The second-order valence-corrected chi connectivity index (χ2v) is 6.39. The number of aryl methyl sites for hydroxylation is 1. The SMILES string of the molecule is Cc1cc(C(NC(=O)C2CCCC(C(F)(F)F)C2)C(=O)O)ccc1F. The van der Waals surface area contributed by atoms with Crippen molar-refractivity contribution in [2.75, 3.05) is 0 Å². The highest BCUT2D eigenvalue weighted by molar-refractivity contribution is 5.86. The maximum absolute atomic E-state index is 13.3. The molecule has 0 aliphatic heterocycles. The first-order valence-corrected chi connectivity index (χ1v) is 7.95. The van der Waals surface area contributed by atoms with E-state index in [1.807, 2.05) is 0 Å². The molecule has 1 aromatic rings. The lowest BCUT2D eigenvalue weighted by molar-refractivity contribution is -0.186. The maximum Gasteiger partial charge on any atom is 0.391 e. The zero-order chi connectivity index (χ0) is 18.8. The molecule has 1 amide bonds. The lowest BCUT2D eigenvalue weighted by Gasteiger charge is -2.30. The Morgan fingerprint density at radius 3 is 2.52 bits per heavy atom. The normalized spacial score (nSPS) is 22.3. The van der Waals surface area contributed by atoms with Crippen LogP contribution in [0, 0.1) is 24.6 Å². The van der Waals surface area contributed by atoms with Gasteiger partial charge in [0.2, 0.25) is 5.91 Å². The molecule has 2 N–H and O–H groups in total. The van der Waals surface area contributed by atoms with E-state index in [0.717, 1.165) is 6.07 Å². The number of carbonyl (C=O) groups excluding carboxylic acids is 1. The highest BCUT2D eigenvalue weighted by Crippen LogP contribution is 2.40. The van der Waals surface area contributed by atoms with Crippen LogP contribution in [0.25, 0.3) is 0 Å². The van der Waals surface area contributed by atoms with E-state index in [0.29, 0.717) is 0 Å². The summed E-state index contributed by atoms with van der Waals surface area (Å²) in [5.74, 6) is -5.03. The zero-order valence-electron chi connectivity index (χ0n) is 13.6. The Bertz CT molecular complexity index is 660. The Balaban J connectivity index is 2.12. The predicted octanol–water partition coefficient (Wildman–Crippen LogP) is 3.74. The molecular formula is C17H19F4NO3. The lowest BCUT2D eigenvalue weighted by atomic mass is 9.80. The number of halogens is 4. The third-order valence-corrected chi connectivity index (χ3v) is 4.56. The van der Waals surface area contributed by atoms with Gasteiger partial charge < -0.3 is 10.4 Å². The minimum absolute atomic E-state index is 0.0210. The fourth-order valence-corrected chi connectivity index (χ4v) is 3.12. The first-order valence-electron chi connectivity index (χ1n) is 7.95. The van der Waals surface area contributed by atoms with Crippen LogP contribution in [0.5, 0.6) is 0 Å². The first-order chi connectivity index (χ1) is 11.6. The van der Waals surface area contributed by atoms with Crippen LogP contribution in [0.15, 0.2) is 18.2 Å². The van der Waals surface area contributed by atoms with E-state index < -0.39 is 41.7 Å². The quantitative estimate of drug-likeness (QED) is 0.803. The summed E-state index contributed by atoms with van der Waals surface area (Å²) < 4.78 is 51.9. The van der Waals surface area contributed by atoms with Crippen LogP contribution in [-0.2, 0) is 9.59 Å². The van der Waals surface area contributed by atoms with Crippen molar-refractivity contribution in [3.63, 3.8) is 0 Å².